The highest BCUT2D eigenvalue weighted by Gasteiger charge is 1.98. The Bertz CT molecular complexity index is 468. The molecule has 2 aromatic rings. The summed E-state index contributed by atoms with van der Waals surface area (Å²) in [6, 6.07) is 8.07. The van der Waals surface area contributed by atoms with Gasteiger partial charge in [-0.2, -0.15) is 0 Å². The SMILES string of the molecule is CC(C)Oc1ccc(CNc2cncnc2)cc1. The molecule has 1 aromatic carbocycles. The van der Waals surface area contributed by atoms with E-state index in [1.807, 2.05) is 26.0 Å². The van der Waals surface area contributed by atoms with Gasteiger partial charge in [0.05, 0.1) is 24.2 Å². The average Bonchev–Trinajstić information content (AvgIpc) is 2.38. The van der Waals surface area contributed by atoms with Crippen molar-refractivity contribution in [3.05, 3.63) is 48.5 Å². The molecule has 0 aliphatic rings. The fraction of sp³-hybridized carbons (Fsp3) is 0.286. The van der Waals surface area contributed by atoms with Gasteiger partial charge in [0.15, 0.2) is 0 Å². The van der Waals surface area contributed by atoms with Crippen LogP contribution >= 0.6 is 0 Å². The van der Waals surface area contributed by atoms with Gasteiger partial charge in [-0.15, -0.1) is 0 Å². The van der Waals surface area contributed by atoms with Crippen LogP contribution in [-0.4, -0.2) is 16.1 Å². The molecular formula is C14H17N3O. The topological polar surface area (TPSA) is 47.0 Å². The van der Waals surface area contributed by atoms with Crippen LogP contribution < -0.4 is 10.1 Å². The molecule has 1 N–H and O–H groups in total. The summed E-state index contributed by atoms with van der Waals surface area (Å²) < 4.78 is 5.59. The maximum atomic E-state index is 5.59. The van der Waals surface area contributed by atoms with Crippen LogP contribution in [0.4, 0.5) is 5.69 Å². The first kappa shape index (κ1) is 12.4. The number of benzene rings is 1. The lowest BCUT2D eigenvalue weighted by atomic mass is 10.2. The maximum Gasteiger partial charge on any atom is 0.119 e. The monoisotopic (exact) mass is 243 g/mol. The Morgan fingerprint density at radius 3 is 2.39 bits per heavy atom. The molecular weight excluding hydrogens is 226 g/mol. The van der Waals surface area contributed by atoms with Gasteiger partial charge in [0, 0.05) is 6.54 Å². The molecule has 0 fully saturated rings. The first-order valence-corrected chi connectivity index (χ1v) is 5.98. The van der Waals surface area contributed by atoms with E-state index in [0.717, 1.165) is 18.0 Å². The second-order valence-electron chi connectivity index (χ2n) is 4.29. The van der Waals surface area contributed by atoms with E-state index in [4.69, 9.17) is 4.74 Å². The Balaban J connectivity index is 1.90. The molecule has 0 radical (unpaired) electrons. The van der Waals surface area contributed by atoms with Crippen LogP contribution in [0.15, 0.2) is 43.0 Å². The lowest BCUT2D eigenvalue weighted by molar-refractivity contribution is 0.242. The largest absolute Gasteiger partial charge is 0.491 e. The van der Waals surface area contributed by atoms with Crippen LogP contribution in [0.25, 0.3) is 0 Å². The third-order valence-electron chi connectivity index (χ3n) is 2.35. The minimum absolute atomic E-state index is 0.204. The molecule has 1 aromatic heterocycles. The lowest BCUT2D eigenvalue weighted by Crippen LogP contribution is -2.05. The number of nitrogens with one attached hydrogen (secondary N) is 1. The summed E-state index contributed by atoms with van der Waals surface area (Å²) in [5.74, 6) is 0.900. The fourth-order valence-corrected chi connectivity index (χ4v) is 1.55. The fourth-order valence-electron chi connectivity index (χ4n) is 1.55. The Morgan fingerprint density at radius 1 is 1.11 bits per heavy atom. The zero-order valence-electron chi connectivity index (χ0n) is 10.6. The van der Waals surface area contributed by atoms with E-state index in [-0.39, 0.29) is 6.10 Å². The van der Waals surface area contributed by atoms with Crippen LogP contribution in [0.5, 0.6) is 5.75 Å². The molecule has 94 valence electrons. The Hall–Kier alpha value is -2.10. The quantitative estimate of drug-likeness (QED) is 0.877. The van der Waals surface area contributed by atoms with Gasteiger partial charge >= 0.3 is 0 Å². The molecule has 2 rings (SSSR count). The maximum absolute atomic E-state index is 5.59. The third kappa shape index (κ3) is 3.73. The number of rotatable bonds is 5. The molecule has 4 heteroatoms. The number of anilines is 1. The standard InChI is InChI=1S/C14H17N3O/c1-11(2)18-14-5-3-12(4-6-14)7-17-13-8-15-10-16-9-13/h3-6,8-11,17H,7H2,1-2H3. The molecule has 0 atom stereocenters. The number of aromatic nitrogens is 2. The van der Waals surface area contributed by atoms with Crippen molar-refractivity contribution >= 4 is 5.69 Å². The zero-order valence-corrected chi connectivity index (χ0v) is 10.6. The number of hydrogen-bond donors (Lipinski definition) is 1. The van der Waals surface area contributed by atoms with E-state index in [9.17, 15) is 0 Å². The van der Waals surface area contributed by atoms with Crippen molar-refractivity contribution in [1.29, 1.82) is 0 Å². The van der Waals surface area contributed by atoms with Gasteiger partial charge in [-0.1, -0.05) is 12.1 Å². The molecule has 1 heterocycles. The summed E-state index contributed by atoms with van der Waals surface area (Å²) in [6.07, 6.45) is 5.23. The van der Waals surface area contributed by atoms with Gasteiger partial charge in [-0.3, -0.25) is 0 Å². The highest BCUT2D eigenvalue weighted by molar-refractivity contribution is 5.39. The van der Waals surface area contributed by atoms with Gasteiger partial charge in [-0.05, 0) is 31.5 Å². The Kier molecular flexibility index (Phi) is 4.12. The van der Waals surface area contributed by atoms with Crippen molar-refractivity contribution in [2.45, 2.75) is 26.5 Å². The van der Waals surface area contributed by atoms with Crippen LogP contribution in [0.1, 0.15) is 19.4 Å². The lowest BCUT2D eigenvalue weighted by Gasteiger charge is -2.10. The predicted molar refractivity (Wildman–Crippen MR) is 71.6 cm³/mol. The highest BCUT2D eigenvalue weighted by Crippen LogP contribution is 2.14. The van der Waals surface area contributed by atoms with Crippen LogP contribution in [0, 0.1) is 0 Å². The average molecular weight is 243 g/mol. The zero-order chi connectivity index (χ0) is 12.8. The van der Waals surface area contributed by atoms with Gasteiger partial charge < -0.3 is 10.1 Å². The molecule has 0 aliphatic carbocycles. The Labute approximate surface area is 107 Å². The normalized spacial score (nSPS) is 10.4. The molecule has 18 heavy (non-hydrogen) atoms. The van der Waals surface area contributed by atoms with Crippen molar-refractivity contribution in [2.75, 3.05) is 5.32 Å². The third-order valence-corrected chi connectivity index (χ3v) is 2.35. The molecule has 0 aliphatic heterocycles. The number of nitrogens with zero attached hydrogens (tertiary/aromatic N) is 2. The first-order chi connectivity index (χ1) is 8.74. The summed E-state index contributed by atoms with van der Waals surface area (Å²) in [5, 5.41) is 3.26. The number of ether oxygens (including phenoxy) is 1. The summed E-state index contributed by atoms with van der Waals surface area (Å²) in [4.78, 5) is 7.90. The van der Waals surface area contributed by atoms with E-state index in [1.165, 1.54) is 11.9 Å². The smallest absolute Gasteiger partial charge is 0.119 e. The van der Waals surface area contributed by atoms with Crippen molar-refractivity contribution in [1.82, 2.24) is 9.97 Å². The molecule has 0 amide bonds. The molecule has 0 saturated carbocycles. The predicted octanol–water partition coefficient (Wildman–Crippen LogP) is 2.88. The van der Waals surface area contributed by atoms with Gasteiger partial charge in [0.2, 0.25) is 0 Å². The second kappa shape index (κ2) is 6.00. The minimum atomic E-state index is 0.204. The molecule has 0 unspecified atom stereocenters. The summed E-state index contributed by atoms with van der Waals surface area (Å²) in [7, 11) is 0. The van der Waals surface area contributed by atoms with E-state index >= 15 is 0 Å². The van der Waals surface area contributed by atoms with Crippen molar-refractivity contribution in [3.63, 3.8) is 0 Å². The highest BCUT2D eigenvalue weighted by atomic mass is 16.5. The van der Waals surface area contributed by atoms with Crippen LogP contribution in [0.2, 0.25) is 0 Å². The molecule has 0 bridgehead atoms. The molecule has 4 nitrogen and oxygen atoms in total. The van der Waals surface area contributed by atoms with Gasteiger partial charge in [0.1, 0.15) is 12.1 Å². The second-order valence-corrected chi connectivity index (χ2v) is 4.29. The van der Waals surface area contributed by atoms with Crippen LogP contribution in [0.3, 0.4) is 0 Å². The van der Waals surface area contributed by atoms with Crippen molar-refractivity contribution in [3.8, 4) is 5.75 Å². The van der Waals surface area contributed by atoms with Gasteiger partial charge in [-0.25, -0.2) is 9.97 Å². The summed E-state index contributed by atoms with van der Waals surface area (Å²) >= 11 is 0. The Morgan fingerprint density at radius 2 is 1.78 bits per heavy atom. The van der Waals surface area contributed by atoms with E-state index in [0.29, 0.717) is 0 Å². The minimum Gasteiger partial charge on any atom is -0.491 e. The van der Waals surface area contributed by atoms with Gasteiger partial charge in [0.25, 0.3) is 0 Å². The van der Waals surface area contributed by atoms with E-state index < -0.39 is 0 Å². The van der Waals surface area contributed by atoms with Crippen LogP contribution in [-0.2, 0) is 6.54 Å². The first-order valence-electron chi connectivity index (χ1n) is 5.98. The van der Waals surface area contributed by atoms with E-state index in [2.05, 4.69) is 27.4 Å². The molecule has 0 saturated heterocycles. The summed E-state index contributed by atoms with van der Waals surface area (Å²) in [6.45, 7) is 4.78. The van der Waals surface area contributed by atoms with E-state index in [1.54, 1.807) is 12.4 Å². The van der Waals surface area contributed by atoms with Crippen molar-refractivity contribution < 1.29 is 4.74 Å². The van der Waals surface area contributed by atoms with Crippen molar-refractivity contribution in [2.24, 2.45) is 0 Å². The molecule has 0 spiro atoms. The number of hydrogen-bond acceptors (Lipinski definition) is 4. The summed E-state index contributed by atoms with van der Waals surface area (Å²) in [5.41, 5.74) is 2.11.